The monoisotopic (exact) mass is 251 g/mol. The maximum absolute atomic E-state index is 12.9. The second-order valence-corrected chi connectivity index (χ2v) is 4.54. The zero-order valence-electron chi connectivity index (χ0n) is 11.3. The Labute approximate surface area is 108 Å². The SMILES string of the molecule is CCC(C)NC(N)=NCCc1ccc(F)cc1C. The van der Waals surface area contributed by atoms with Crippen molar-refractivity contribution in [2.75, 3.05) is 6.54 Å². The lowest BCUT2D eigenvalue weighted by molar-refractivity contribution is 0.625. The van der Waals surface area contributed by atoms with E-state index in [0.29, 0.717) is 18.5 Å². The molecule has 1 unspecified atom stereocenters. The number of aryl methyl sites for hydroxylation is 1. The minimum atomic E-state index is -0.197. The van der Waals surface area contributed by atoms with Gasteiger partial charge in [-0.2, -0.15) is 0 Å². The van der Waals surface area contributed by atoms with E-state index in [9.17, 15) is 4.39 Å². The molecular weight excluding hydrogens is 229 g/mol. The van der Waals surface area contributed by atoms with E-state index < -0.39 is 0 Å². The van der Waals surface area contributed by atoms with E-state index >= 15 is 0 Å². The van der Waals surface area contributed by atoms with E-state index in [1.165, 1.54) is 6.07 Å². The summed E-state index contributed by atoms with van der Waals surface area (Å²) < 4.78 is 12.9. The Morgan fingerprint density at radius 2 is 2.22 bits per heavy atom. The molecule has 0 heterocycles. The highest BCUT2D eigenvalue weighted by Gasteiger charge is 2.01. The Morgan fingerprint density at radius 1 is 1.50 bits per heavy atom. The van der Waals surface area contributed by atoms with Gasteiger partial charge in [-0.15, -0.1) is 0 Å². The van der Waals surface area contributed by atoms with Crippen molar-refractivity contribution >= 4 is 5.96 Å². The van der Waals surface area contributed by atoms with Gasteiger partial charge < -0.3 is 11.1 Å². The molecule has 0 radical (unpaired) electrons. The number of nitrogens with two attached hydrogens (primary N) is 1. The molecule has 4 heteroatoms. The molecule has 1 rings (SSSR count). The fourth-order valence-corrected chi connectivity index (χ4v) is 1.64. The molecule has 0 spiro atoms. The first-order valence-corrected chi connectivity index (χ1v) is 6.34. The quantitative estimate of drug-likeness (QED) is 0.623. The molecule has 0 aliphatic heterocycles. The van der Waals surface area contributed by atoms with E-state index in [1.807, 2.05) is 6.92 Å². The predicted molar refractivity (Wildman–Crippen MR) is 74.2 cm³/mol. The van der Waals surface area contributed by atoms with Crippen LogP contribution in [0.5, 0.6) is 0 Å². The Hall–Kier alpha value is -1.58. The number of aliphatic imine (C=N–C) groups is 1. The van der Waals surface area contributed by atoms with Crippen molar-refractivity contribution in [2.45, 2.75) is 39.7 Å². The topological polar surface area (TPSA) is 50.4 Å². The highest BCUT2D eigenvalue weighted by molar-refractivity contribution is 5.78. The van der Waals surface area contributed by atoms with Gasteiger partial charge in [-0.3, -0.25) is 4.99 Å². The van der Waals surface area contributed by atoms with Gasteiger partial charge in [0.1, 0.15) is 5.82 Å². The van der Waals surface area contributed by atoms with Gasteiger partial charge >= 0.3 is 0 Å². The third kappa shape index (κ3) is 4.73. The van der Waals surface area contributed by atoms with E-state index in [2.05, 4.69) is 24.2 Å². The minimum Gasteiger partial charge on any atom is -0.370 e. The molecule has 18 heavy (non-hydrogen) atoms. The summed E-state index contributed by atoms with van der Waals surface area (Å²) in [6.07, 6.45) is 1.78. The van der Waals surface area contributed by atoms with Crippen LogP contribution in [0, 0.1) is 12.7 Å². The summed E-state index contributed by atoms with van der Waals surface area (Å²) in [6, 6.07) is 5.16. The van der Waals surface area contributed by atoms with Crippen LogP contribution in [-0.2, 0) is 6.42 Å². The van der Waals surface area contributed by atoms with Crippen LogP contribution < -0.4 is 11.1 Å². The molecule has 0 saturated carbocycles. The molecule has 0 amide bonds. The lowest BCUT2D eigenvalue weighted by atomic mass is 10.1. The molecule has 100 valence electrons. The Bertz CT molecular complexity index is 416. The Balaban J connectivity index is 2.48. The van der Waals surface area contributed by atoms with Gasteiger partial charge in [0.15, 0.2) is 5.96 Å². The first kappa shape index (κ1) is 14.5. The predicted octanol–water partition coefficient (Wildman–Crippen LogP) is 2.38. The number of halogens is 1. The highest BCUT2D eigenvalue weighted by Crippen LogP contribution is 2.10. The second-order valence-electron chi connectivity index (χ2n) is 4.54. The minimum absolute atomic E-state index is 0.197. The van der Waals surface area contributed by atoms with Crippen LogP contribution in [0.2, 0.25) is 0 Å². The van der Waals surface area contributed by atoms with Crippen molar-refractivity contribution in [2.24, 2.45) is 10.7 Å². The summed E-state index contributed by atoms with van der Waals surface area (Å²) in [5, 5.41) is 3.11. The smallest absolute Gasteiger partial charge is 0.188 e. The van der Waals surface area contributed by atoms with E-state index in [1.54, 1.807) is 12.1 Å². The molecule has 1 atom stereocenters. The maximum Gasteiger partial charge on any atom is 0.188 e. The average molecular weight is 251 g/mol. The van der Waals surface area contributed by atoms with Gasteiger partial charge in [0.2, 0.25) is 0 Å². The molecule has 0 aliphatic carbocycles. The van der Waals surface area contributed by atoms with Crippen molar-refractivity contribution in [1.29, 1.82) is 0 Å². The first-order valence-electron chi connectivity index (χ1n) is 6.34. The van der Waals surface area contributed by atoms with E-state index in [-0.39, 0.29) is 5.82 Å². The van der Waals surface area contributed by atoms with E-state index in [4.69, 9.17) is 5.73 Å². The molecule has 1 aromatic rings. The summed E-state index contributed by atoms with van der Waals surface area (Å²) in [5.41, 5.74) is 7.82. The molecule has 0 fully saturated rings. The lowest BCUT2D eigenvalue weighted by Crippen LogP contribution is -2.38. The Morgan fingerprint density at radius 3 is 2.83 bits per heavy atom. The molecular formula is C14H22FN3. The van der Waals surface area contributed by atoms with Crippen LogP contribution in [0.3, 0.4) is 0 Å². The molecule has 3 nitrogen and oxygen atoms in total. The molecule has 3 N–H and O–H groups in total. The standard InChI is InChI=1S/C14H22FN3/c1-4-11(3)18-14(16)17-8-7-12-5-6-13(15)9-10(12)2/h5-6,9,11H,4,7-8H2,1-3H3,(H3,16,17,18). The summed E-state index contributed by atoms with van der Waals surface area (Å²) in [5.74, 6) is 0.279. The molecule has 0 aliphatic rings. The Kier molecular flexibility index (Phi) is 5.62. The van der Waals surface area contributed by atoms with Crippen LogP contribution in [0.1, 0.15) is 31.4 Å². The highest BCUT2D eigenvalue weighted by atomic mass is 19.1. The van der Waals surface area contributed by atoms with Gasteiger partial charge in [0.05, 0.1) is 0 Å². The van der Waals surface area contributed by atoms with Crippen molar-refractivity contribution in [1.82, 2.24) is 5.32 Å². The summed E-state index contributed by atoms with van der Waals surface area (Å²) in [4.78, 5) is 4.26. The van der Waals surface area contributed by atoms with Crippen molar-refractivity contribution in [3.8, 4) is 0 Å². The zero-order chi connectivity index (χ0) is 13.5. The largest absolute Gasteiger partial charge is 0.370 e. The van der Waals surface area contributed by atoms with Crippen LogP contribution in [0.25, 0.3) is 0 Å². The third-order valence-corrected chi connectivity index (χ3v) is 2.97. The maximum atomic E-state index is 12.9. The average Bonchev–Trinajstić information content (AvgIpc) is 2.31. The number of hydrogen-bond acceptors (Lipinski definition) is 1. The van der Waals surface area contributed by atoms with Gasteiger partial charge in [-0.1, -0.05) is 13.0 Å². The second kappa shape index (κ2) is 6.99. The molecule has 0 aromatic heterocycles. The van der Waals surface area contributed by atoms with Crippen LogP contribution in [0.4, 0.5) is 4.39 Å². The fourth-order valence-electron chi connectivity index (χ4n) is 1.64. The van der Waals surface area contributed by atoms with Gasteiger partial charge in [-0.05, 0) is 49.9 Å². The first-order chi connectivity index (χ1) is 8.52. The lowest BCUT2D eigenvalue weighted by Gasteiger charge is -2.11. The fraction of sp³-hybridized carbons (Fsp3) is 0.500. The summed E-state index contributed by atoms with van der Waals surface area (Å²) in [7, 11) is 0. The third-order valence-electron chi connectivity index (χ3n) is 2.97. The number of guanidine groups is 1. The number of nitrogens with zero attached hydrogens (tertiary/aromatic N) is 1. The molecule has 1 aromatic carbocycles. The van der Waals surface area contributed by atoms with Crippen LogP contribution in [-0.4, -0.2) is 18.5 Å². The van der Waals surface area contributed by atoms with Crippen LogP contribution in [0.15, 0.2) is 23.2 Å². The number of hydrogen-bond donors (Lipinski definition) is 2. The molecule has 0 saturated heterocycles. The number of nitrogens with one attached hydrogen (secondary N) is 1. The normalized spacial score (nSPS) is 13.4. The zero-order valence-corrected chi connectivity index (χ0v) is 11.3. The van der Waals surface area contributed by atoms with Crippen LogP contribution >= 0.6 is 0 Å². The van der Waals surface area contributed by atoms with Gasteiger partial charge in [0.25, 0.3) is 0 Å². The number of rotatable bonds is 5. The van der Waals surface area contributed by atoms with Gasteiger partial charge in [0, 0.05) is 12.6 Å². The summed E-state index contributed by atoms with van der Waals surface area (Å²) in [6.45, 7) is 6.67. The van der Waals surface area contributed by atoms with Gasteiger partial charge in [-0.25, -0.2) is 4.39 Å². The van der Waals surface area contributed by atoms with Crippen molar-refractivity contribution < 1.29 is 4.39 Å². The molecule has 0 bridgehead atoms. The van der Waals surface area contributed by atoms with Crippen molar-refractivity contribution in [3.05, 3.63) is 35.1 Å². The van der Waals surface area contributed by atoms with E-state index in [0.717, 1.165) is 24.0 Å². The number of benzene rings is 1. The van der Waals surface area contributed by atoms with Crippen molar-refractivity contribution in [3.63, 3.8) is 0 Å². The summed E-state index contributed by atoms with van der Waals surface area (Å²) >= 11 is 0.